The summed E-state index contributed by atoms with van der Waals surface area (Å²) >= 11 is 6.03. The van der Waals surface area contributed by atoms with E-state index < -0.39 is 11.7 Å². The SMILES string of the molecule is O=C(c1nnc2ccc(Cl)cn12)N1C[C@H]2C[C@H](c3ccccc3C(F)(F)F)C[C@H]2C1. The van der Waals surface area contributed by atoms with Gasteiger partial charge in [0.2, 0.25) is 5.82 Å². The van der Waals surface area contributed by atoms with Crippen LogP contribution in [-0.4, -0.2) is 38.5 Å². The standard InChI is InChI=1S/C21H18ClF3N4O/c22-15-5-6-18-26-27-19(29(18)11-15)20(30)28-9-13-7-12(8-14(13)10-28)16-3-1-2-4-17(16)21(23,24)25/h1-6,11-14H,7-10H2/t12-,13+,14-. The average molecular weight is 435 g/mol. The van der Waals surface area contributed by atoms with Gasteiger partial charge in [0.25, 0.3) is 5.91 Å². The molecule has 9 heteroatoms. The minimum atomic E-state index is -4.35. The fourth-order valence-electron chi connectivity index (χ4n) is 4.98. The first-order valence-corrected chi connectivity index (χ1v) is 10.1. The number of benzene rings is 1. The number of hydrogen-bond donors (Lipinski definition) is 0. The Balaban J connectivity index is 1.33. The van der Waals surface area contributed by atoms with Gasteiger partial charge in [-0.05, 0) is 54.4 Å². The molecule has 2 aromatic heterocycles. The molecule has 2 aliphatic rings. The Bertz CT molecular complexity index is 1110. The number of nitrogens with zero attached hydrogens (tertiary/aromatic N) is 4. The lowest BCUT2D eigenvalue weighted by Crippen LogP contribution is -2.31. The monoisotopic (exact) mass is 434 g/mol. The molecule has 1 amide bonds. The van der Waals surface area contributed by atoms with E-state index in [0.29, 0.717) is 42.2 Å². The lowest BCUT2D eigenvalue weighted by atomic mass is 9.91. The molecule has 0 unspecified atom stereocenters. The largest absolute Gasteiger partial charge is 0.416 e. The first kappa shape index (κ1) is 19.4. The zero-order valence-electron chi connectivity index (χ0n) is 15.8. The maximum atomic E-state index is 13.4. The minimum Gasteiger partial charge on any atom is -0.335 e. The molecule has 1 aliphatic heterocycles. The van der Waals surface area contributed by atoms with Crippen LogP contribution in [0.3, 0.4) is 0 Å². The molecule has 3 heterocycles. The number of alkyl halides is 3. The van der Waals surface area contributed by atoms with Crippen LogP contribution in [0.25, 0.3) is 5.65 Å². The van der Waals surface area contributed by atoms with E-state index >= 15 is 0 Å². The lowest BCUT2D eigenvalue weighted by molar-refractivity contribution is -0.138. The van der Waals surface area contributed by atoms with Crippen molar-refractivity contribution >= 4 is 23.2 Å². The minimum absolute atomic E-state index is 0.136. The first-order valence-electron chi connectivity index (χ1n) is 9.77. The van der Waals surface area contributed by atoms with E-state index in [1.54, 1.807) is 39.8 Å². The summed E-state index contributed by atoms with van der Waals surface area (Å²) in [6.07, 6.45) is -1.46. The van der Waals surface area contributed by atoms with E-state index in [1.165, 1.54) is 6.07 Å². The van der Waals surface area contributed by atoms with Crippen LogP contribution in [0, 0.1) is 11.8 Å². The zero-order chi connectivity index (χ0) is 21.0. The van der Waals surface area contributed by atoms with Gasteiger partial charge >= 0.3 is 6.18 Å². The Labute approximate surface area is 175 Å². The summed E-state index contributed by atoms with van der Waals surface area (Å²) in [6.45, 7) is 1.04. The number of likely N-dealkylation sites (tertiary alicyclic amines) is 1. The molecule has 1 saturated carbocycles. The highest BCUT2D eigenvalue weighted by atomic mass is 35.5. The van der Waals surface area contributed by atoms with Gasteiger partial charge in [-0.1, -0.05) is 29.8 Å². The summed E-state index contributed by atoms with van der Waals surface area (Å²) in [5, 5.41) is 8.50. The predicted octanol–water partition coefficient (Wildman–Crippen LogP) is 4.67. The molecule has 156 valence electrons. The topological polar surface area (TPSA) is 50.5 Å². The van der Waals surface area contributed by atoms with Crippen molar-refractivity contribution in [2.24, 2.45) is 11.8 Å². The van der Waals surface area contributed by atoms with Gasteiger partial charge in [-0.2, -0.15) is 13.2 Å². The molecule has 1 saturated heterocycles. The van der Waals surface area contributed by atoms with E-state index in [9.17, 15) is 18.0 Å². The van der Waals surface area contributed by atoms with Crippen molar-refractivity contribution in [2.45, 2.75) is 24.9 Å². The molecular formula is C21H18ClF3N4O. The van der Waals surface area contributed by atoms with Gasteiger partial charge in [-0.3, -0.25) is 9.20 Å². The second-order valence-electron chi connectivity index (χ2n) is 8.08. The predicted molar refractivity (Wildman–Crippen MR) is 104 cm³/mol. The van der Waals surface area contributed by atoms with Gasteiger partial charge in [0.05, 0.1) is 10.6 Å². The Morgan fingerprint density at radius 2 is 1.73 bits per heavy atom. The van der Waals surface area contributed by atoms with Gasteiger partial charge in [0.15, 0.2) is 5.65 Å². The highest BCUT2D eigenvalue weighted by Gasteiger charge is 2.45. The third-order valence-corrected chi connectivity index (χ3v) is 6.53. The number of carbonyl (C=O) groups is 1. The van der Waals surface area contributed by atoms with E-state index in [1.807, 2.05) is 0 Å². The van der Waals surface area contributed by atoms with Crippen LogP contribution in [0.1, 0.15) is 40.5 Å². The molecule has 3 atom stereocenters. The summed E-state index contributed by atoms with van der Waals surface area (Å²) in [4.78, 5) is 14.7. The summed E-state index contributed by atoms with van der Waals surface area (Å²) in [7, 11) is 0. The number of aromatic nitrogens is 3. The zero-order valence-corrected chi connectivity index (χ0v) is 16.6. The molecular weight excluding hydrogens is 417 g/mol. The van der Waals surface area contributed by atoms with E-state index in [2.05, 4.69) is 10.2 Å². The molecule has 5 nitrogen and oxygen atoms in total. The maximum Gasteiger partial charge on any atom is 0.416 e. The van der Waals surface area contributed by atoms with Crippen LogP contribution in [-0.2, 0) is 6.18 Å². The fraction of sp³-hybridized carbons (Fsp3) is 0.381. The molecule has 3 aromatic rings. The summed E-state index contributed by atoms with van der Waals surface area (Å²) in [5.41, 5.74) is 0.357. The molecule has 30 heavy (non-hydrogen) atoms. The third-order valence-electron chi connectivity index (χ3n) is 6.30. The average Bonchev–Trinajstić information content (AvgIpc) is 3.39. The molecule has 5 rings (SSSR count). The summed E-state index contributed by atoms with van der Waals surface area (Å²) < 4.78 is 41.8. The Kier molecular flexibility index (Phi) is 4.50. The molecule has 2 fully saturated rings. The van der Waals surface area contributed by atoms with Crippen LogP contribution < -0.4 is 0 Å². The molecule has 1 aliphatic carbocycles. The smallest absolute Gasteiger partial charge is 0.335 e. The Morgan fingerprint density at radius 3 is 2.43 bits per heavy atom. The van der Waals surface area contributed by atoms with Gasteiger partial charge in [0, 0.05) is 19.3 Å². The van der Waals surface area contributed by atoms with Crippen molar-refractivity contribution in [1.82, 2.24) is 19.5 Å². The maximum absolute atomic E-state index is 13.4. The number of halogens is 4. The normalized spacial score (nSPS) is 23.9. The molecule has 0 radical (unpaired) electrons. The van der Waals surface area contributed by atoms with Crippen LogP contribution in [0.2, 0.25) is 5.02 Å². The van der Waals surface area contributed by atoms with Crippen molar-refractivity contribution in [3.63, 3.8) is 0 Å². The van der Waals surface area contributed by atoms with Crippen LogP contribution in [0.15, 0.2) is 42.6 Å². The third kappa shape index (κ3) is 3.23. The van der Waals surface area contributed by atoms with Crippen molar-refractivity contribution < 1.29 is 18.0 Å². The van der Waals surface area contributed by atoms with E-state index in [0.717, 1.165) is 6.07 Å². The second-order valence-corrected chi connectivity index (χ2v) is 8.52. The number of hydrogen-bond acceptors (Lipinski definition) is 3. The number of amides is 1. The van der Waals surface area contributed by atoms with Crippen LogP contribution in [0.4, 0.5) is 13.2 Å². The highest BCUT2D eigenvalue weighted by molar-refractivity contribution is 6.30. The molecule has 1 aromatic carbocycles. The number of fused-ring (bicyclic) bond motifs is 2. The fourth-order valence-corrected chi connectivity index (χ4v) is 5.14. The molecule has 0 N–H and O–H groups in total. The van der Waals surface area contributed by atoms with E-state index in [-0.39, 0.29) is 29.5 Å². The Hall–Kier alpha value is -2.61. The van der Waals surface area contributed by atoms with Crippen LogP contribution in [0.5, 0.6) is 0 Å². The number of carbonyl (C=O) groups excluding carboxylic acids is 1. The highest BCUT2D eigenvalue weighted by Crippen LogP contribution is 2.49. The quantitative estimate of drug-likeness (QED) is 0.589. The van der Waals surface area contributed by atoms with Crippen molar-refractivity contribution in [3.05, 3.63) is 64.6 Å². The summed E-state index contributed by atoms with van der Waals surface area (Å²) in [6, 6.07) is 9.20. The van der Waals surface area contributed by atoms with Crippen molar-refractivity contribution in [2.75, 3.05) is 13.1 Å². The van der Waals surface area contributed by atoms with Crippen molar-refractivity contribution in [1.29, 1.82) is 0 Å². The molecule has 0 bridgehead atoms. The van der Waals surface area contributed by atoms with Crippen LogP contribution >= 0.6 is 11.6 Å². The first-order chi connectivity index (χ1) is 14.3. The van der Waals surface area contributed by atoms with Gasteiger partial charge in [-0.25, -0.2) is 0 Å². The molecule has 0 spiro atoms. The van der Waals surface area contributed by atoms with Gasteiger partial charge in [0.1, 0.15) is 0 Å². The number of rotatable bonds is 2. The number of pyridine rings is 1. The Morgan fingerprint density at radius 1 is 1.03 bits per heavy atom. The van der Waals surface area contributed by atoms with E-state index in [4.69, 9.17) is 11.6 Å². The lowest BCUT2D eigenvalue weighted by Gasteiger charge is -2.21. The van der Waals surface area contributed by atoms with Gasteiger partial charge in [-0.15, -0.1) is 10.2 Å². The summed E-state index contributed by atoms with van der Waals surface area (Å²) in [5.74, 6) is 0.201. The van der Waals surface area contributed by atoms with Crippen molar-refractivity contribution in [3.8, 4) is 0 Å². The van der Waals surface area contributed by atoms with Gasteiger partial charge < -0.3 is 4.90 Å². The second kappa shape index (κ2) is 6.97.